The number of benzene rings is 2. The Hall–Kier alpha value is -3.11. The Balaban J connectivity index is 2.37. The molecule has 2 N–H and O–H groups in total. The fourth-order valence-electron chi connectivity index (χ4n) is 2.74. The van der Waals surface area contributed by atoms with Gasteiger partial charge in [0.2, 0.25) is 10.0 Å². The lowest BCUT2D eigenvalue weighted by Gasteiger charge is -2.20. The number of carbonyl (C=O) groups is 2. The van der Waals surface area contributed by atoms with E-state index < -0.39 is 27.9 Å². The number of esters is 1. The van der Waals surface area contributed by atoms with Crippen molar-refractivity contribution in [2.24, 2.45) is 0 Å². The Morgan fingerprint density at radius 2 is 1.70 bits per heavy atom. The molecular weight excluding hydrogens is 412 g/mol. The molecule has 0 aliphatic carbocycles. The van der Waals surface area contributed by atoms with Gasteiger partial charge in [0.25, 0.3) is 5.91 Å². The van der Waals surface area contributed by atoms with Gasteiger partial charge in [0.15, 0.2) is 11.5 Å². The molecule has 0 bridgehead atoms. The monoisotopic (exact) mass is 436 g/mol. The fourth-order valence-corrected chi connectivity index (χ4v) is 3.51. The molecule has 30 heavy (non-hydrogen) atoms. The molecule has 0 aliphatic heterocycles. The maximum absolute atomic E-state index is 12.8. The van der Waals surface area contributed by atoms with Gasteiger partial charge in [0.05, 0.1) is 38.7 Å². The van der Waals surface area contributed by atoms with Crippen molar-refractivity contribution in [1.82, 2.24) is 10.0 Å². The van der Waals surface area contributed by atoms with Crippen molar-refractivity contribution in [1.29, 1.82) is 0 Å². The van der Waals surface area contributed by atoms with Crippen LogP contribution in [0.2, 0.25) is 0 Å². The Morgan fingerprint density at radius 1 is 1.00 bits per heavy atom. The smallest absolute Gasteiger partial charge is 0.307 e. The summed E-state index contributed by atoms with van der Waals surface area (Å²) in [5.74, 6) is -0.149. The number of amides is 1. The molecule has 0 fully saturated rings. The Kier molecular flexibility index (Phi) is 7.79. The minimum atomic E-state index is -3.71. The zero-order valence-corrected chi connectivity index (χ0v) is 17.9. The first-order valence-electron chi connectivity index (χ1n) is 8.89. The molecule has 0 aromatic heterocycles. The standard InChI is InChI=1S/C20H24N2O7S/c1-21-30(25,26)15-7-5-6-14(10-15)20(24)22-16(12-19(23)29-4)13-8-9-17(27-2)18(11-13)28-3/h5-11,16,21H,12H2,1-4H3,(H,22,24). The van der Waals surface area contributed by atoms with Crippen LogP contribution in [-0.2, 0) is 19.6 Å². The van der Waals surface area contributed by atoms with Crippen molar-refractivity contribution in [2.45, 2.75) is 17.4 Å². The third-order valence-electron chi connectivity index (χ3n) is 4.39. The molecule has 1 unspecified atom stereocenters. The molecule has 0 saturated heterocycles. The zero-order chi connectivity index (χ0) is 22.3. The van der Waals surface area contributed by atoms with Crippen LogP contribution in [0.4, 0.5) is 0 Å². The quantitative estimate of drug-likeness (QED) is 0.574. The number of hydrogen-bond acceptors (Lipinski definition) is 7. The molecule has 162 valence electrons. The second kappa shape index (κ2) is 10.1. The summed E-state index contributed by atoms with van der Waals surface area (Å²) >= 11 is 0. The molecule has 1 amide bonds. The van der Waals surface area contributed by atoms with Crippen LogP contribution < -0.4 is 19.5 Å². The largest absolute Gasteiger partial charge is 0.493 e. The summed E-state index contributed by atoms with van der Waals surface area (Å²) in [5.41, 5.74) is 0.715. The van der Waals surface area contributed by atoms with E-state index in [0.29, 0.717) is 17.1 Å². The number of sulfonamides is 1. The van der Waals surface area contributed by atoms with Crippen LogP contribution in [0.3, 0.4) is 0 Å². The van der Waals surface area contributed by atoms with E-state index in [0.717, 1.165) is 0 Å². The summed E-state index contributed by atoms with van der Waals surface area (Å²) < 4.78 is 41.4. The predicted octanol–water partition coefficient (Wildman–Crippen LogP) is 1.65. The Labute approximate surface area is 175 Å². The van der Waals surface area contributed by atoms with E-state index in [4.69, 9.17) is 14.2 Å². The topological polar surface area (TPSA) is 120 Å². The lowest BCUT2D eigenvalue weighted by molar-refractivity contribution is -0.141. The molecule has 10 heteroatoms. The van der Waals surface area contributed by atoms with Crippen LogP contribution in [0, 0.1) is 0 Å². The minimum absolute atomic E-state index is 0.0479. The normalized spacial score (nSPS) is 12.0. The molecular formula is C20H24N2O7S. The van der Waals surface area contributed by atoms with E-state index >= 15 is 0 Å². The van der Waals surface area contributed by atoms with Crippen molar-refractivity contribution >= 4 is 21.9 Å². The third kappa shape index (κ3) is 5.49. The van der Waals surface area contributed by atoms with Crippen LogP contribution in [0.15, 0.2) is 47.4 Å². The van der Waals surface area contributed by atoms with Crippen molar-refractivity contribution in [2.75, 3.05) is 28.4 Å². The van der Waals surface area contributed by atoms with E-state index in [9.17, 15) is 18.0 Å². The lowest BCUT2D eigenvalue weighted by atomic mass is 10.0. The van der Waals surface area contributed by atoms with E-state index in [2.05, 4.69) is 10.0 Å². The molecule has 2 rings (SSSR count). The van der Waals surface area contributed by atoms with Gasteiger partial charge >= 0.3 is 5.97 Å². The van der Waals surface area contributed by atoms with Crippen LogP contribution in [0.5, 0.6) is 11.5 Å². The highest BCUT2D eigenvalue weighted by Gasteiger charge is 2.22. The van der Waals surface area contributed by atoms with Crippen molar-refractivity contribution < 1.29 is 32.2 Å². The number of ether oxygens (including phenoxy) is 3. The maximum atomic E-state index is 12.8. The number of carbonyl (C=O) groups excluding carboxylic acids is 2. The fraction of sp³-hybridized carbons (Fsp3) is 0.300. The number of methoxy groups -OCH3 is 3. The number of nitrogens with one attached hydrogen (secondary N) is 2. The van der Waals surface area contributed by atoms with Gasteiger partial charge in [0.1, 0.15) is 0 Å². The van der Waals surface area contributed by atoms with Crippen molar-refractivity contribution in [3.8, 4) is 11.5 Å². The molecule has 9 nitrogen and oxygen atoms in total. The summed E-state index contributed by atoms with van der Waals surface area (Å²) in [6, 6.07) is 9.83. The molecule has 1 atom stereocenters. The van der Waals surface area contributed by atoms with Gasteiger partial charge in [0, 0.05) is 5.56 Å². The third-order valence-corrected chi connectivity index (χ3v) is 5.80. The number of hydrogen-bond donors (Lipinski definition) is 2. The minimum Gasteiger partial charge on any atom is -0.493 e. The molecule has 0 spiro atoms. The average molecular weight is 436 g/mol. The van der Waals surface area contributed by atoms with E-state index in [1.54, 1.807) is 18.2 Å². The molecule has 0 radical (unpaired) electrons. The molecule has 0 saturated carbocycles. The summed E-state index contributed by atoms with van der Waals surface area (Å²) in [5, 5.41) is 2.75. The molecule has 2 aromatic carbocycles. The summed E-state index contributed by atoms with van der Waals surface area (Å²) in [6.45, 7) is 0. The molecule has 0 heterocycles. The highest BCUT2D eigenvalue weighted by atomic mass is 32.2. The van der Waals surface area contributed by atoms with Gasteiger partial charge in [-0.1, -0.05) is 12.1 Å². The first-order valence-corrected chi connectivity index (χ1v) is 10.4. The van der Waals surface area contributed by atoms with Crippen LogP contribution in [0.25, 0.3) is 0 Å². The van der Waals surface area contributed by atoms with Crippen LogP contribution >= 0.6 is 0 Å². The SMILES string of the molecule is CNS(=O)(=O)c1cccc(C(=O)NC(CC(=O)OC)c2ccc(OC)c(OC)c2)c1. The molecule has 0 aliphatic rings. The van der Waals surface area contributed by atoms with Gasteiger partial charge < -0.3 is 19.5 Å². The van der Waals surface area contributed by atoms with Gasteiger partial charge in [-0.25, -0.2) is 13.1 Å². The molecule has 2 aromatic rings. The van der Waals surface area contributed by atoms with Crippen molar-refractivity contribution in [3.05, 3.63) is 53.6 Å². The highest BCUT2D eigenvalue weighted by Crippen LogP contribution is 2.31. The van der Waals surface area contributed by atoms with E-state index in [1.165, 1.54) is 52.6 Å². The van der Waals surface area contributed by atoms with Gasteiger partial charge in [-0.05, 0) is 42.9 Å². The number of rotatable bonds is 9. The highest BCUT2D eigenvalue weighted by molar-refractivity contribution is 7.89. The second-order valence-electron chi connectivity index (χ2n) is 6.16. The predicted molar refractivity (Wildman–Crippen MR) is 109 cm³/mol. The summed E-state index contributed by atoms with van der Waals surface area (Å²) in [6.07, 6.45) is -0.133. The average Bonchev–Trinajstić information content (AvgIpc) is 2.77. The lowest BCUT2D eigenvalue weighted by Crippen LogP contribution is -2.30. The summed E-state index contributed by atoms with van der Waals surface area (Å²) in [4.78, 5) is 24.7. The van der Waals surface area contributed by atoms with Crippen LogP contribution in [0.1, 0.15) is 28.4 Å². The Morgan fingerprint density at radius 3 is 2.30 bits per heavy atom. The van der Waals surface area contributed by atoms with E-state index in [-0.39, 0.29) is 16.9 Å². The first-order chi connectivity index (χ1) is 14.2. The van der Waals surface area contributed by atoms with Crippen molar-refractivity contribution in [3.63, 3.8) is 0 Å². The summed E-state index contributed by atoms with van der Waals surface area (Å²) in [7, 11) is 1.80. The van der Waals surface area contributed by atoms with Crippen LogP contribution in [-0.4, -0.2) is 48.7 Å². The maximum Gasteiger partial charge on any atom is 0.307 e. The van der Waals surface area contributed by atoms with Gasteiger partial charge in [-0.2, -0.15) is 0 Å². The Bertz CT molecular complexity index is 1020. The van der Waals surface area contributed by atoms with Gasteiger partial charge in [-0.15, -0.1) is 0 Å². The van der Waals surface area contributed by atoms with E-state index in [1.807, 2.05) is 0 Å². The van der Waals surface area contributed by atoms with Gasteiger partial charge in [-0.3, -0.25) is 9.59 Å². The zero-order valence-electron chi connectivity index (χ0n) is 17.1. The first kappa shape index (κ1) is 23.2. The second-order valence-corrected chi connectivity index (χ2v) is 8.04.